The summed E-state index contributed by atoms with van der Waals surface area (Å²) in [6, 6.07) is 7.46. The van der Waals surface area contributed by atoms with Crippen molar-refractivity contribution in [1.82, 2.24) is 0 Å². The molecule has 2 rings (SSSR count). The Morgan fingerprint density at radius 3 is 2.65 bits per heavy atom. The molecule has 1 fully saturated rings. The molecule has 0 aromatic heterocycles. The second kappa shape index (κ2) is 4.46. The summed E-state index contributed by atoms with van der Waals surface area (Å²) in [4.78, 5) is 0. The number of hydrogen-bond donors (Lipinski definition) is 0. The Balaban J connectivity index is 2.41. The van der Waals surface area contributed by atoms with E-state index in [1.54, 1.807) is 13.0 Å². The monoisotopic (exact) mass is 233 g/mol. The Labute approximate surface area is 101 Å². The van der Waals surface area contributed by atoms with E-state index >= 15 is 0 Å². The molecule has 1 heterocycles. The highest BCUT2D eigenvalue weighted by Gasteiger charge is 2.46. The van der Waals surface area contributed by atoms with Crippen LogP contribution in [0.3, 0.4) is 0 Å². The van der Waals surface area contributed by atoms with Gasteiger partial charge in [-0.1, -0.05) is 19.1 Å². The molecule has 0 N–H and O–H groups in total. The normalized spacial score (nSPS) is 19.2. The molecule has 0 aliphatic carbocycles. The quantitative estimate of drug-likeness (QED) is 0.804. The van der Waals surface area contributed by atoms with Gasteiger partial charge in [0.25, 0.3) is 0 Å². The first-order valence-electron chi connectivity index (χ1n) is 5.88. The molecule has 0 radical (unpaired) electrons. The number of nitrogens with zero attached hydrogens (tertiary/aromatic N) is 1. The minimum Gasteiger partial charge on any atom is -0.379 e. The van der Waals surface area contributed by atoms with Crippen LogP contribution in [-0.4, -0.2) is 13.2 Å². The first-order chi connectivity index (χ1) is 8.14. The SMILES string of the molecule is CCC(C#N)C1(c2ccc(F)c(C)c2)COC1. The van der Waals surface area contributed by atoms with E-state index in [2.05, 4.69) is 6.07 Å². The molecule has 2 nitrogen and oxygen atoms in total. The smallest absolute Gasteiger partial charge is 0.126 e. The van der Waals surface area contributed by atoms with Crippen LogP contribution in [0.4, 0.5) is 4.39 Å². The number of aryl methyl sites for hydroxylation is 1. The molecule has 0 bridgehead atoms. The fourth-order valence-corrected chi connectivity index (χ4v) is 2.45. The van der Waals surface area contributed by atoms with Crippen LogP contribution in [0, 0.1) is 30.0 Å². The summed E-state index contributed by atoms with van der Waals surface area (Å²) in [5.74, 6) is -0.268. The van der Waals surface area contributed by atoms with Crippen molar-refractivity contribution in [3.63, 3.8) is 0 Å². The summed E-state index contributed by atoms with van der Waals surface area (Å²) < 4.78 is 18.6. The van der Waals surface area contributed by atoms with Crippen LogP contribution in [0.25, 0.3) is 0 Å². The van der Waals surface area contributed by atoms with E-state index in [9.17, 15) is 9.65 Å². The van der Waals surface area contributed by atoms with Gasteiger partial charge in [0.15, 0.2) is 0 Å². The molecule has 0 amide bonds. The third kappa shape index (κ3) is 1.83. The minimum absolute atomic E-state index is 0.0684. The van der Waals surface area contributed by atoms with Gasteiger partial charge in [-0.15, -0.1) is 0 Å². The van der Waals surface area contributed by atoms with Gasteiger partial charge >= 0.3 is 0 Å². The summed E-state index contributed by atoms with van der Waals surface area (Å²) in [6.45, 7) is 4.87. The lowest BCUT2D eigenvalue weighted by Crippen LogP contribution is -2.52. The molecule has 90 valence electrons. The second-order valence-corrected chi connectivity index (χ2v) is 4.70. The van der Waals surface area contributed by atoms with Crippen LogP contribution in [0.2, 0.25) is 0 Å². The number of halogens is 1. The van der Waals surface area contributed by atoms with Crippen molar-refractivity contribution in [2.45, 2.75) is 25.7 Å². The maximum absolute atomic E-state index is 13.3. The lowest BCUT2D eigenvalue weighted by molar-refractivity contribution is -0.0805. The minimum atomic E-state index is -0.234. The van der Waals surface area contributed by atoms with E-state index in [4.69, 9.17) is 4.74 Å². The van der Waals surface area contributed by atoms with E-state index in [0.29, 0.717) is 18.8 Å². The largest absolute Gasteiger partial charge is 0.379 e. The number of rotatable bonds is 3. The number of ether oxygens (including phenoxy) is 1. The second-order valence-electron chi connectivity index (χ2n) is 4.70. The lowest BCUT2D eigenvalue weighted by atomic mass is 9.68. The number of benzene rings is 1. The average Bonchev–Trinajstić information content (AvgIpc) is 2.27. The molecule has 1 aliphatic heterocycles. The first-order valence-corrected chi connectivity index (χ1v) is 5.88. The van der Waals surface area contributed by atoms with Gasteiger partial charge in [-0.3, -0.25) is 0 Å². The summed E-state index contributed by atoms with van der Waals surface area (Å²) in [5.41, 5.74) is 1.42. The summed E-state index contributed by atoms with van der Waals surface area (Å²) >= 11 is 0. The van der Waals surface area contributed by atoms with Gasteiger partial charge in [-0.2, -0.15) is 5.26 Å². The van der Waals surface area contributed by atoms with E-state index in [1.165, 1.54) is 6.07 Å². The van der Waals surface area contributed by atoms with Crippen molar-refractivity contribution >= 4 is 0 Å². The molecule has 1 saturated heterocycles. The van der Waals surface area contributed by atoms with Gasteiger partial charge < -0.3 is 4.74 Å². The van der Waals surface area contributed by atoms with E-state index in [0.717, 1.165) is 12.0 Å². The molecule has 1 aromatic carbocycles. The van der Waals surface area contributed by atoms with Crippen LogP contribution >= 0.6 is 0 Å². The highest BCUT2D eigenvalue weighted by Crippen LogP contribution is 2.41. The van der Waals surface area contributed by atoms with E-state index < -0.39 is 0 Å². The molecule has 3 heteroatoms. The van der Waals surface area contributed by atoms with Crippen molar-refractivity contribution in [2.24, 2.45) is 5.92 Å². The van der Waals surface area contributed by atoms with Gasteiger partial charge in [-0.25, -0.2) is 4.39 Å². The third-order valence-electron chi connectivity index (χ3n) is 3.68. The summed E-state index contributed by atoms with van der Waals surface area (Å²) in [5, 5.41) is 9.23. The average molecular weight is 233 g/mol. The standard InChI is InChI=1S/C14H16FNO/c1-3-11(7-16)14(8-17-9-14)12-4-5-13(15)10(2)6-12/h4-6,11H,3,8-9H2,1-2H3. The summed E-state index contributed by atoms with van der Waals surface area (Å²) in [7, 11) is 0. The van der Waals surface area contributed by atoms with Crippen LogP contribution in [0.5, 0.6) is 0 Å². The molecule has 1 aromatic rings. The molecule has 1 unspecified atom stereocenters. The molecule has 0 saturated carbocycles. The third-order valence-corrected chi connectivity index (χ3v) is 3.68. The highest BCUT2D eigenvalue weighted by molar-refractivity contribution is 5.35. The van der Waals surface area contributed by atoms with Crippen molar-refractivity contribution in [3.8, 4) is 6.07 Å². The van der Waals surface area contributed by atoms with Gasteiger partial charge in [0.05, 0.1) is 30.6 Å². The van der Waals surface area contributed by atoms with Crippen LogP contribution in [0.15, 0.2) is 18.2 Å². The van der Waals surface area contributed by atoms with Crippen molar-refractivity contribution < 1.29 is 9.13 Å². The van der Waals surface area contributed by atoms with Crippen molar-refractivity contribution in [3.05, 3.63) is 35.1 Å². The summed E-state index contributed by atoms with van der Waals surface area (Å²) in [6.07, 6.45) is 0.788. The predicted octanol–water partition coefficient (Wildman–Crippen LogP) is 2.95. The Bertz CT molecular complexity index is 460. The topological polar surface area (TPSA) is 33.0 Å². The highest BCUT2D eigenvalue weighted by atomic mass is 19.1. The zero-order valence-electron chi connectivity index (χ0n) is 10.2. The van der Waals surface area contributed by atoms with E-state index in [-0.39, 0.29) is 17.2 Å². The zero-order valence-corrected chi connectivity index (χ0v) is 10.2. The van der Waals surface area contributed by atoms with Crippen LogP contribution in [0.1, 0.15) is 24.5 Å². The fourth-order valence-electron chi connectivity index (χ4n) is 2.45. The van der Waals surface area contributed by atoms with Gasteiger partial charge in [-0.05, 0) is 30.5 Å². The van der Waals surface area contributed by atoms with Gasteiger partial charge in [0.1, 0.15) is 5.82 Å². The first kappa shape index (κ1) is 12.1. The molecule has 17 heavy (non-hydrogen) atoms. The van der Waals surface area contributed by atoms with Crippen LogP contribution in [-0.2, 0) is 10.2 Å². The Kier molecular flexibility index (Phi) is 3.17. The molecular formula is C14H16FNO. The lowest BCUT2D eigenvalue weighted by Gasteiger charge is -2.45. The van der Waals surface area contributed by atoms with Crippen molar-refractivity contribution in [2.75, 3.05) is 13.2 Å². The Morgan fingerprint density at radius 2 is 2.24 bits per heavy atom. The Morgan fingerprint density at radius 1 is 1.53 bits per heavy atom. The molecule has 0 spiro atoms. The van der Waals surface area contributed by atoms with Crippen LogP contribution < -0.4 is 0 Å². The van der Waals surface area contributed by atoms with Gasteiger partial charge in [0.2, 0.25) is 0 Å². The predicted molar refractivity (Wildman–Crippen MR) is 63.0 cm³/mol. The number of hydrogen-bond acceptors (Lipinski definition) is 2. The molecular weight excluding hydrogens is 217 g/mol. The van der Waals surface area contributed by atoms with E-state index in [1.807, 2.05) is 13.0 Å². The Hall–Kier alpha value is -1.40. The zero-order chi connectivity index (χ0) is 12.5. The maximum atomic E-state index is 13.3. The molecule has 1 atom stereocenters. The molecule has 1 aliphatic rings. The van der Waals surface area contributed by atoms with Gasteiger partial charge in [0, 0.05) is 0 Å². The fraction of sp³-hybridized carbons (Fsp3) is 0.500. The maximum Gasteiger partial charge on any atom is 0.126 e. The number of nitriles is 1. The van der Waals surface area contributed by atoms with Crippen molar-refractivity contribution in [1.29, 1.82) is 5.26 Å².